The number of carboxylic acids is 1. The largest absolute Gasteiger partial charge is 0.478 e. The summed E-state index contributed by atoms with van der Waals surface area (Å²) in [6.45, 7) is 3.98. The van der Waals surface area contributed by atoms with Crippen LogP contribution in [0, 0.1) is 0 Å². The molecule has 0 bridgehead atoms. The Morgan fingerprint density at radius 1 is 1.47 bits per heavy atom. The molecular formula is C11H11NO3. The third kappa shape index (κ3) is 1.58. The van der Waals surface area contributed by atoms with Gasteiger partial charge in [-0.1, -0.05) is 19.0 Å². The van der Waals surface area contributed by atoms with Gasteiger partial charge in [-0.2, -0.15) is 0 Å². The molecule has 1 aromatic carbocycles. The van der Waals surface area contributed by atoms with Gasteiger partial charge in [-0.3, -0.25) is 0 Å². The SMILES string of the molecule is CC(C)c1noc2ccc(C(=O)O)cc12. The molecule has 4 nitrogen and oxygen atoms in total. The molecule has 1 heterocycles. The Balaban J connectivity index is 2.66. The number of benzene rings is 1. The number of carboxylic acid groups (broad SMARTS) is 1. The molecule has 0 saturated carbocycles. The highest BCUT2D eigenvalue weighted by Crippen LogP contribution is 2.25. The zero-order chi connectivity index (χ0) is 11.0. The summed E-state index contributed by atoms with van der Waals surface area (Å²) in [5.74, 6) is -0.719. The summed E-state index contributed by atoms with van der Waals surface area (Å²) in [7, 11) is 0. The van der Waals surface area contributed by atoms with Crippen LogP contribution in [-0.2, 0) is 0 Å². The summed E-state index contributed by atoms with van der Waals surface area (Å²) in [6, 6.07) is 4.75. The molecule has 0 amide bonds. The van der Waals surface area contributed by atoms with Crippen molar-refractivity contribution in [2.24, 2.45) is 0 Å². The van der Waals surface area contributed by atoms with Crippen LogP contribution in [0.4, 0.5) is 0 Å². The molecule has 2 rings (SSSR count). The lowest BCUT2D eigenvalue weighted by Crippen LogP contribution is -1.95. The maximum Gasteiger partial charge on any atom is 0.335 e. The van der Waals surface area contributed by atoms with E-state index in [0.29, 0.717) is 5.58 Å². The lowest BCUT2D eigenvalue weighted by atomic mass is 10.0. The van der Waals surface area contributed by atoms with Crippen molar-refractivity contribution < 1.29 is 14.4 Å². The van der Waals surface area contributed by atoms with Gasteiger partial charge in [0.15, 0.2) is 5.58 Å². The molecule has 15 heavy (non-hydrogen) atoms. The van der Waals surface area contributed by atoms with Gasteiger partial charge in [-0.05, 0) is 24.1 Å². The van der Waals surface area contributed by atoms with E-state index in [1.807, 2.05) is 13.8 Å². The van der Waals surface area contributed by atoms with Crippen molar-refractivity contribution in [1.82, 2.24) is 5.16 Å². The fraction of sp³-hybridized carbons (Fsp3) is 0.273. The Kier molecular flexibility index (Phi) is 2.19. The molecule has 0 saturated heterocycles. The molecule has 0 atom stereocenters. The number of hydrogen-bond acceptors (Lipinski definition) is 3. The standard InChI is InChI=1S/C11H11NO3/c1-6(2)10-8-5-7(11(13)14)3-4-9(8)15-12-10/h3-6H,1-2H3,(H,13,14). The van der Waals surface area contributed by atoms with Crippen molar-refractivity contribution in [3.05, 3.63) is 29.5 Å². The highest BCUT2D eigenvalue weighted by Gasteiger charge is 2.13. The van der Waals surface area contributed by atoms with Crippen molar-refractivity contribution in [3.8, 4) is 0 Å². The Morgan fingerprint density at radius 2 is 2.20 bits per heavy atom. The Labute approximate surface area is 86.5 Å². The quantitative estimate of drug-likeness (QED) is 0.818. The van der Waals surface area contributed by atoms with Crippen LogP contribution in [0.3, 0.4) is 0 Å². The number of rotatable bonds is 2. The summed E-state index contributed by atoms with van der Waals surface area (Å²) in [6.07, 6.45) is 0. The Bertz CT molecular complexity index is 514. The Morgan fingerprint density at radius 3 is 2.80 bits per heavy atom. The van der Waals surface area contributed by atoms with E-state index in [2.05, 4.69) is 5.16 Å². The molecular weight excluding hydrogens is 194 g/mol. The maximum atomic E-state index is 10.8. The van der Waals surface area contributed by atoms with Crippen LogP contribution in [0.25, 0.3) is 11.0 Å². The van der Waals surface area contributed by atoms with E-state index in [4.69, 9.17) is 9.63 Å². The van der Waals surface area contributed by atoms with Crippen LogP contribution in [-0.4, -0.2) is 16.2 Å². The first-order chi connectivity index (χ1) is 7.09. The molecule has 4 heteroatoms. The lowest BCUT2D eigenvalue weighted by Gasteiger charge is -1.99. The van der Waals surface area contributed by atoms with Gasteiger partial charge in [0, 0.05) is 5.39 Å². The van der Waals surface area contributed by atoms with E-state index in [9.17, 15) is 4.79 Å². The van der Waals surface area contributed by atoms with Gasteiger partial charge in [0.1, 0.15) is 0 Å². The first-order valence-corrected chi connectivity index (χ1v) is 4.72. The van der Waals surface area contributed by atoms with Crippen LogP contribution >= 0.6 is 0 Å². The number of nitrogens with zero attached hydrogens (tertiary/aromatic N) is 1. The minimum atomic E-state index is -0.937. The Hall–Kier alpha value is -1.84. The summed E-state index contributed by atoms with van der Waals surface area (Å²) < 4.78 is 5.10. The third-order valence-corrected chi connectivity index (χ3v) is 2.29. The predicted octanol–water partition coefficient (Wildman–Crippen LogP) is 2.65. The number of fused-ring (bicyclic) bond motifs is 1. The molecule has 1 N–H and O–H groups in total. The smallest absolute Gasteiger partial charge is 0.335 e. The average Bonchev–Trinajstić information content (AvgIpc) is 2.59. The summed E-state index contributed by atoms with van der Waals surface area (Å²) in [5, 5.41) is 13.6. The first kappa shape index (κ1) is 9.71. The van der Waals surface area contributed by atoms with Crippen LogP contribution in [0.2, 0.25) is 0 Å². The predicted molar refractivity (Wildman–Crippen MR) is 55.1 cm³/mol. The monoisotopic (exact) mass is 205 g/mol. The second-order valence-corrected chi connectivity index (χ2v) is 3.74. The molecule has 2 aromatic rings. The van der Waals surface area contributed by atoms with E-state index >= 15 is 0 Å². The lowest BCUT2D eigenvalue weighted by molar-refractivity contribution is 0.0697. The minimum Gasteiger partial charge on any atom is -0.478 e. The van der Waals surface area contributed by atoms with Crippen molar-refractivity contribution in [2.45, 2.75) is 19.8 Å². The second kappa shape index (κ2) is 3.38. The van der Waals surface area contributed by atoms with Crippen molar-refractivity contribution in [2.75, 3.05) is 0 Å². The maximum absolute atomic E-state index is 10.8. The highest BCUT2D eigenvalue weighted by molar-refractivity contribution is 5.93. The number of hydrogen-bond donors (Lipinski definition) is 1. The van der Waals surface area contributed by atoms with Gasteiger partial charge in [-0.25, -0.2) is 4.79 Å². The third-order valence-electron chi connectivity index (χ3n) is 2.29. The molecule has 0 unspecified atom stereocenters. The molecule has 0 aliphatic rings. The zero-order valence-electron chi connectivity index (χ0n) is 8.52. The second-order valence-electron chi connectivity index (χ2n) is 3.74. The fourth-order valence-electron chi connectivity index (χ4n) is 1.51. The van der Waals surface area contributed by atoms with Crippen molar-refractivity contribution in [3.63, 3.8) is 0 Å². The van der Waals surface area contributed by atoms with Crippen LogP contribution in [0.15, 0.2) is 22.7 Å². The first-order valence-electron chi connectivity index (χ1n) is 4.72. The summed E-state index contributed by atoms with van der Waals surface area (Å²) >= 11 is 0. The molecule has 0 fully saturated rings. The van der Waals surface area contributed by atoms with E-state index in [1.165, 1.54) is 6.07 Å². The molecule has 0 radical (unpaired) electrons. The molecule has 0 aliphatic carbocycles. The van der Waals surface area contributed by atoms with Crippen molar-refractivity contribution >= 4 is 16.9 Å². The van der Waals surface area contributed by atoms with Crippen LogP contribution in [0.1, 0.15) is 35.8 Å². The zero-order valence-corrected chi connectivity index (χ0v) is 8.52. The van der Waals surface area contributed by atoms with Gasteiger partial charge in [0.2, 0.25) is 0 Å². The molecule has 0 spiro atoms. The van der Waals surface area contributed by atoms with Crippen molar-refractivity contribution in [1.29, 1.82) is 0 Å². The minimum absolute atomic E-state index is 0.218. The normalized spacial score (nSPS) is 11.1. The van der Waals surface area contributed by atoms with Gasteiger partial charge >= 0.3 is 5.97 Å². The van der Waals surface area contributed by atoms with Crippen LogP contribution < -0.4 is 0 Å². The summed E-state index contributed by atoms with van der Waals surface area (Å²) in [4.78, 5) is 10.8. The topological polar surface area (TPSA) is 63.3 Å². The molecule has 0 aliphatic heterocycles. The summed E-state index contributed by atoms with van der Waals surface area (Å²) in [5.41, 5.74) is 1.68. The molecule has 1 aromatic heterocycles. The van der Waals surface area contributed by atoms with Gasteiger partial charge in [-0.15, -0.1) is 0 Å². The number of aromatic carboxylic acids is 1. The van der Waals surface area contributed by atoms with Gasteiger partial charge in [0.05, 0.1) is 11.3 Å². The highest BCUT2D eigenvalue weighted by atomic mass is 16.5. The van der Waals surface area contributed by atoms with E-state index in [1.54, 1.807) is 12.1 Å². The average molecular weight is 205 g/mol. The van der Waals surface area contributed by atoms with Crippen LogP contribution in [0.5, 0.6) is 0 Å². The number of carbonyl (C=O) groups is 1. The fourth-order valence-corrected chi connectivity index (χ4v) is 1.51. The van der Waals surface area contributed by atoms with E-state index in [-0.39, 0.29) is 11.5 Å². The number of aromatic nitrogens is 1. The van der Waals surface area contributed by atoms with E-state index < -0.39 is 5.97 Å². The van der Waals surface area contributed by atoms with Gasteiger partial charge < -0.3 is 9.63 Å². The van der Waals surface area contributed by atoms with Gasteiger partial charge in [0.25, 0.3) is 0 Å². The molecule has 78 valence electrons. The van der Waals surface area contributed by atoms with E-state index in [0.717, 1.165) is 11.1 Å².